The van der Waals surface area contributed by atoms with Gasteiger partial charge < -0.3 is 5.32 Å². The summed E-state index contributed by atoms with van der Waals surface area (Å²) in [6.45, 7) is 0. The lowest BCUT2D eigenvalue weighted by Crippen LogP contribution is -2.05. The standard InChI is InChI=1S/C19H11F3N6/c20-19(21,22)14-5-7-15(8-6-14)25-18-27-26-17-9-13(11-24-28(17)18)16-4-2-1-3-12(16)10-23/h1-9,11H,(H,25,27). The van der Waals surface area contributed by atoms with E-state index in [4.69, 9.17) is 0 Å². The Labute approximate surface area is 156 Å². The van der Waals surface area contributed by atoms with Gasteiger partial charge in [-0.15, -0.1) is 10.2 Å². The quantitative estimate of drug-likeness (QED) is 0.569. The number of anilines is 2. The van der Waals surface area contributed by atoms with Crippen LogP contribution in [0.2, 0.25) is 0 Å². The Bertz CT molecular complexity index is 1190. The van der Waals surface area contributed by atoms with Gasteiger partial charge in [0, 0.05) is 16.8 Å². The van der Waals surface area contributed by atoms with Gasteiger partial charge in [-0.05, 0) is 36.4 Å². The first-order valence-electron chi connectivity index (χ1n) is 8.11. The van der Waals surface area contributed by atoms with E-state index < -0.39 is 11.7 Å². The first kappa shape index (κ1) is 17.5. The van der Waals surface area contributed by atoms with Crippen LogP contribution in [-0.4, -0.2) is 19.8 Å². The van der Waals surface area contributed by atoms with E-state index in [9.17, 15) is 18.4 Å². The van der Waals surface area contributed by atoms with Crippen LogP contribution in [0.5, 0.6) is 0 Å². The summed E-state index contributed by atoms with van der Waals surface area (Å²) in [5, 5.41) is 24.5. The van der Waals surface area contributed by atoms with E-state index in [2.05, 4.69) is 26.7 Å². The minimum absolute atomic E-state index is 0.259. The second-order valence-corrected chi connectivity index (χ2v) is 5.90. The van der Waals surface area contributed by atoms with Crippen LogP contribution < -0.4 is 5.32 Å². The van der Waals surface area contributed by atoms with Crippen molar-refractivity contribution >= 4 is 17.3 Å². The summed E-state index contributed by atoms with van der Waals surface area (Å²) in [7, 11) is 0. The summed E-state index contributed by atoms with van der Waals surface area (Å²) in [5.41, 5.74) is 2.06. The molecule has 2 aromatic heterocycles. The van der Waals surface area contributed by atoms with Crippen molar-refractivity contribution < 1.29 is 13.2 Å². The number of hydrogen-bond donors (Lipinski definition) is 1. The fourth-order valence-corrected chi connectivity index (χ4v) is 2.72. The van der Waals surface area contributed by atoms with Gasteiger partial charge in [-0.3, -0.25) is 0 Å². The van der Waals surface area contributed by atoms with E-state index in [1.165, 1.54) is 16.6 Å². The van der Waals surface area contributed by atoms with Gasteiger partial charge in [0.05, 0.1) is 23.4 Å². The maximum absolute atomic E-state index is 12.7. The number of nitriles is 1. The number of benzene rings is 2. The molecule has 0 amide bonds. The molecule has 138 valence electrons. The smallest absolute Gasteiger partial charge is 0.323 e. The summed E-state index contributed by atoms with van der Waals surface area (Å²) < 4.78 is 39.4. The molecule has 0 spiro atoms. The van der Waals surface area contributed by atoms with E-state index in [0.29, 0.717) is 22.5 Å². The van der Waals surface area contributed by atoms with Crippen molar-refractivity contribution in [1.82, 2.24) is 19.8 Å². The molecule has 0 aliphatic carbocycles. The van der Waals surface area contributed by atoms with E-state index in [-0.39, 0.29) is 5.95 Å². The molecule has 1 N–H and O–H groups in total. The van der Waals surface area contributed by atoms with Crippen LogP contribution in [0.4, 0.5) is 24.8 Å². The predicted octanol–water partition coefficient (Wildman–Crippen LogP) is 4.43. The molecule has 0 fully saturated rings. The molecule has 28 heavy (non-hydrogen) atoms. The molecule has 9 heteroatoms. The summed E-state index contributed by atoms with van der Waals surface area (Å²) >= 11 is 0. The van der Waals surface area contributed by atoms with Crippen LogP contribution in [-0.2, 0) is 6.18 Å². The molecular formula is C19H11F3N6. The highest BCUT2D eigenvalue weighted by atomic mass is 19.4. The zero-order valence-corrected chi connectivity index (χ0v) is 14.1. The van der Waals surface area contributed by atoms with E-state index in [1.807, 2.05) is 12.1 Å². The van der Waals surface area contributed by atoms with E-state index >= 15 is 0 Å². The lowest BCUT2D eigenvalue weighted by Gasteiger charge is -2.08. The molecule has 0 bridgehead atoms. The molecule has 6 nitrogen and oxygen atoms in total. The second kappa shape index (κ2) is 6.66. The van der Waals surface area contributed by atoms with Gasteiger partial charge in [0.2, 0.25) is 5.95 Å². The van der Waals surface area contributed by atoms with Crippen molar-refractivity contribution in [2.45, 2.75) is 6.18 Å². The van der Waals surface area contributed by atoms with Crippen LogP contribution in [0.3, 0.4) is 0 Å². The largest absolute Gasteiger partial charge is 0.416 e. The maximum Gasteiger partial charge on any atom is 0.416 e. The Morgan fingerprint density at radius 1 is 1.00 bits per heavy atom. The van der Waals surface area contributed by atoms with Crippen molar-refractivity contribution in [2.75, 3.05) is 5.32 Å². The van der Waals surface area contributed by atoms with Crippen molar-refractivity contribution in [1.29, 1.82) is 5.26 Å². The highest BCUT2D eigenvalue weighted by molar-refractivity contribution is 5.72. The van der Waals surface area contributed by atoms with Gasteiger partial charge in [-0.25, -0.2) is 0 Å². The van der Waals surface area contributed by atoms with Crippen molar-refractivity contribution in [3.05, 3.63) is 71.9 Å². The molecule has 0 atom stereocenters. The van der Waals surface area contributed by atoms with Crippen molar-refractivity contribution in [3.8, 4) is 17.2 Å². The predicted molar refractivity (Wildman–Crippen MR) is 95.7 cm³/mol. The fraction of sp³-hybridized carbons (Fsp3) is 0.0526. The first-order valence-corrected chi connectivity index (χ1v) is 8.11. The molecular weight excluding hydrogens is 369 g/mol. The Hall–Kier alpha value is -3.93. The third-order valence-corrected chi connectivity index (χ3v) is 4.09. The maximum atomic E-state index is 12.7. The average molecular weight is 380 g/mol. The first-order chi connectivity index (χ1) is 13.5. The number of rotatable bonds is 3. The number of hydrogen-bond acceptors (Lipinski definition) is 5. The van der Waals surface area contributed by atoms with Crippen LogP contribution in [0, 0.1) is 11.3 Å². The lowest BCUT2D eigenvalue weighted by molar-refractivity contribution is -0.137. The van der Waals surface area contributed by atoms with Crippen LogP contribution in [0.1, 0.15) is 11.1 Å². The Balaban J connectivity index is 1.65. The number of nitrogens with zero attached hydrogens (tertiary/aromatic N) is 5. The van der Waals surface area contributed by atoms with Gasteiger partial charge in [0.1, 0.15) is 0 Å². The van der Waals surface area contributed by atoms with Gasteiger partial charge in [-0.1, -0.05) is 18.2 Å². The second-order valence-electron chi connectivity index (χ2n) is 5.90. The minimum atomic E-state index is -4.39. The van der Waals surface area contributed by atoms with Gasteiger partial charge >= 0.3 is 6.18 Å². The van der Waals surface area contributed by atoms with Crippen molar-refractivity contribution in [3.63, 3.8) is 0 Å². The highest BCUT2D eigenvalue weighted by Gasteiger charge is 2.30. The molecule has 0 radical (unpaired) electrons. The molecule has 0 aliphatic rings. The molecule has 2 aromatic carbocycles. The zero-order valence-electron chi connectivity index (χ0n) is 14.1. The normalized spacial score (nSPS) is 11.4. The highest BCUT2D eigenvalue weighted by Crippen LogP contribution is 2.30. The van der Waals surface area contributed by atoms with E-state index in [0.717, 1.165) is 17.7 Å². The lowest BCUT2D eigenvalue weighted by atomic mass is 10.0. The molecule has 0 aliphatic heterocycles. The molecule has 4 rings (SSSR count). The van der Waals surface area contributed by atoms with Crippen LogP contribution in [0.25, 0.3) is 16.8 Å². The minimum Gasteiger partial charge on any atom is -0.323 e. The van der Waals surface area contributed by atoms with Crippen molar-refractivity contribution in [2.24, 2.45) is 0 Å². The Morgan fingerprint density at radius 3 is 2.46 bits per heavy atom. The number of fused-ring (bicyclic) bond motifs is 1. The molecule has 0 unspecified atom stereocenters. The topological polar surface area (TPSA) is 78.9 Å². The van der Waals surface area contributed by atoms with Crippen LogP contribution >= 0.6 is 0 Å². The van der Waals surface area contributed by atoms with Gasteiger partial charge in [0.25, 0.3) is 0 Å². The third-order valence-electron chi connectivity index (χ3n) is 4.09. The van der Waals surface area contributed by atoms with Crippen LogP contribution in [0.15, 0.2) is 60.8 Å². The molecule has 0 saturated carbocycles. The zero-order chi connectivity index (χ0) is 19.7. The Kier molecular flexibility index (Phi) is 4.16. The molecule has 4 aromatic rings. The fourth-order valence-electron chi connectivity index (χ4n) is 2.72. The Morgan fingerprint density at radius 2 is 1.75 bits per heavy atom. The molecule has 0 saturated heterocycles. The third kappa shape index (κ3) is 3.23. The number of halogens is 3. The van der Waals surface area contributed by atoms with Gasteiger partial charge in [0.15, 0.2) is 5.65 Å². The van der Waals surface area contributed by atoms with Gasteiger partial charge in [-0.2, -0.15) is 28.0 Å². The summed E-state index contributed by atoms with van der Waals surface area (Å²) in [4.78, 5) is 0. The molecule has 2 heterocycles. The number of alkyl halides is 3. The summed E-state index contributed by atoms with van der Waals surface area (Å²) in [5.74, 6) is 0.259. The summed E-state index contributed by atoms with van der Waals surface area (Å²) in [6.07, 6.45) is -2.82. The summed E-state index contributed by atoms with van der Waals surface area (Å²) in [6, 6.07) is 15.6. The van der Waals surface area contributed by atoms with E-state index in [1.54, 1.807) is 24.4 Å². The monoisotopic (exact) mass is 380 g/mol. The average Bonchev–Trinajstić information content (AvgIpc) is 3.09. The SMILES string of the molecule is N#Cc1ccccc1-c1cnn2c(Nc3ccc(C(F)(F)F)cc3)nnc2c1. The number of aromatic nitrogens is 4. The number of nitrogens with one attached hydrogen (secondary N) is 1.